The molecule has 3 amide bonds. The molecule has 0 aliphatic carbocycles. The number of likely N-dealkylation sites (tertiary alicyclic amines) is 1. The van der Waals surface area contributed by atoms with E-state index in [0.717, 1.165) is 11.5 Å². The molecule has 1 fully saturated rings. The van der Waals surface area contributed by atoms with E-state index in [-0.39, 0.29) is 24.3 Å². The number of Topliss-reactive ketones (excluding diaryl/α,β-unsaturated/α-hetero) is 1. The van der Waals surface area contributed by atoms with Crippen molar-refractivity contribution in [3.05, 3.63) is 29.8 Å². The molecule has 0 radical (unpaired) electrons. The largest absolute Gasteiger partial charge is 0.399 e. The second-order valence-corrected chi connectivity index (χ2v) is 8.12. The van der Waals surface area contributed by atoms with E-state index in [9.17, 15) is 14.4 Å². The molecule has 162 valence electrons. The van der Waals surface area contributed by atoms with Crippen molar-refractivity contribution in [2.24, 2.45) is 5.92 Å². The van der Waals surface area contributed by atoms with Crippen LogP contribution in [-0.2, 0) is 16.1 Å². The zero-order chi connectivity index (χ0) is 22.2. The molecule has 1 atom stereocenters. The maximum atomic E-state index is 12.7. The summed E-state index contributed by atoms with van der Waals surface area (Å²) in [4.78, 5) is 40.4. The first-order valence-corrected chi connectivity index (χ1v) is 10.2. The second kappa shape index (κ2) is 10.8. The first-order valence-electron chi connectivity index (χ1n) is 10.2. The van der Waals surface area contributed by atoms with Gasteiger partial charge in [0.1, 0.15) is 5.54 Å². The van der Waals surface area contributed by atoms with Crippen LogP contribution in [0.5, 0.6) is 0 Å². The number of ketones is 1. The molecule has 0 bridgehead atoms. The van der Waals surface area contributed by atoms with Gasteiger partial charge in [-0.1, -0.05) is 39.8 Å². The number of carbonyl (C=O) groups excluding carboxylic acids is 3. The lowest BCUT2D eigenvalue weighted by atomic mass is 9.90. The highest BCUT2D eigenvalue weighted by Crippen LogP contribution is 2.31. The van der Waals surface area contributed by atoms with Gasteiger partial charge in [0.2, 0.25) is 5.91 Å². The third kappa shape index (κ3) is 6.48. The number of benzene rings is 1. The molecule has 2 rings (SSSR count). The van der Waals surface area contributed by atoms with Crippen LogP contribution in [0.3, 0.4) is 0 Å². The van der Waals surface area contributed by atoms with E-state index in [1.807, 2.05) is 12.1 Å². The normalized spacial score (nSPS) is 18.1. The van der Waals surface area contributed by atoms with Gasteiger partial charge in [-0.3, -0.25) is 9.59 Å². The zero-order valence-corrected chi connectivity index (χ0v) is 18.6. The van der Waals surface area contributed by atoms with Crippen molar-refractivity contribution in [2.75, 3.05) is 25.9 Å². The Morgan fingerprint density at radius 2 is 1.76 bits per heavy atom. The van der Waals surface area contributed by atoms with Crippen LogP contribution < -0.4 is 11.1 Å². The van der Waals surface area contributed by atoms with E-state index < -0.39 is 5.54 Å². The van der Waals surface area contributed by atoms with Crippen molar-refractivity contribution in [2.45, 2.75) is 59.5 Å². The van der Waals surface area contributed by atoms with E-state index in [1.54, 1.807) is 35.9 Å². The Hall–Kier alpha value is -2.57. The van der Waals surface area contributed by atoms with Crippen molar-refractivity contribution in [1.29, 1.82) is 0 Å². The second-order valence-electron chi connectivity index (χ2n) is 8.12. The van der Waals surface area contributed by atoms with Crippen LogP contribution in [-0.4, -0.2) is 53.2 Å². The molecule has 0 aromatic heterocycles. The fraction of sp³-hybridized carbons (Fsp3) is 0.591. The van der Waals surface area contributed by atoms with Crippen LogP contribution in [0, 0.1) is 5.92 Å². The summed E-state index contributed by atoms with van der Waals surface area (Å²) in [5, 5.41) is 2.58. The Bertz CT molecular complexity index is 700. The van der Waals surface area contributed by atoms with E-state index in [1.165, 1.54) is 6.92 Å². The molecule has 1 saturated heterocycles. The highest BCUT2D eigenvalue weighted by atomic mass is 16.2. The Morgan fingerprint density at radius 3 is 2.21 bits per heavy atom. The minimum absolute atomic E-state index is 0.101. The number of amides is 3. The molecule has 1 aliphatic heterocycles. The highest BCUT2D eigenvalue weighted by molar-refractivity contribution is 5.93. The monoisotopic (exact) mass is 404 g/mol. The number of hydrogen-bond donors (Lipinski definition) is 2. The summed E-state index contributed by atoms with van der Waals surface area (Å²) in [6, 6.07) is 7.01. The molecule has 29 heavy (non-hydrogen) atoms. The lowest BCUT2D eigenvalue weighted by Crippen LogP contribution is -2.58. The van der Waals surface area contributed by atoms with Gasteiger partial charge in [-0.2, -0.15) is 0 Å². The van der Waals surface area contributed by atoms with Crippen LogP contribution in [0.2, 0.25) is 0 Å². The molecule has 1 aromatic carbocycles. The smallest absolute Gasteiger partial charge is 0.317 e. The number of nitrogens with two attached hydrogens (primary N) is 1. The first kappa shape index (κ1) is 24.5. The summed E-state index contributed by atoms with van der Waals surface area (Å²) >= 11 is 0. The van der Waals surface area contributed by atoms with Gasteiger partial charge < -0.3 is 20.9 Å². The number of rotatable bonds is 5. The van der Waals surface area contributed by atoms with Gasteiger partial charge in [-0.15, -0.1) is 0 Å². The standard InChI is InChI=1S/C18H26N4O3.C4H10/c1-4-16(24)22(11-14-5-7-15(19)8-6-14)18(13(2)23)9-10-21(12-18)17(25)20-3;1-4(2)3/h5-8H,4,9-12,19H2,1-3H3,(H,20,25);4H,1-3H3/t18-;/m1./s1. The lowest BCUT2D eigenvalue weighted by Gasteiger charge is -2.39. The maximum Gasteiger partial charge on any atom is 0.317 e. The SMILES string of the molecule is CC(C)C.CCC(=O)N(Cc1ccc(N)cc1)[C@]1(C(C)=O)CCN(C(=O)NC)C1. The topological polar surface area (TPSA) is 95.7 Å². The molecule has 7 heteroatoms. The Kier molecular flexibility index (Phi) is 9.14. The number of anilines is 1. The van der Waals surface area contributed by atoms with Gasteiger partial charge in [0.15, 0.2) is 5.78 Å². The summed E-state index contributed by atoms with van der Waals surface area (Å²) < 4.78 is 0. The van der Waals surface area contributed by atoms with Crippen LogP contribution in [0.4, 0.5) is 10.5 Å². The summed E-state index contributed by atoms with van der Waals surface area (Å²) in [6.07, 6.45) is 0.737. The van der Waals surface area contributed by atoms with Crippen LogP contribution in [0.1, 0.15) is 53.0 Å². The van der Waals surface area contributed by atoms with Crippen LogP contribution in [0.25, 0.3) is 0 Å². The number of carbonyl (C=O) groups is 3. The Morgan fingerprint density at radius 1 is 1.21 bits per heavy atom. The highest BCUT2D eigenvalue weighted by Gasteiger charge is 2.49. The van der Waals surface area contributed by atoms with E-state index in [4.69, 9.17) is 5.73 Å². The van der Waals surface area contributed by atoms with Crippen molar-refractivity contribution >= 4 is 23.4 Å². The van der Waals surface area contributed by atoms with E-state index in [0.29, 0.717) is 31.6 Å². The molecule has 1 heterocycles. The zero-order valence-electron chi connectivity index (χ0n) is 18.6. The van der Waals surface area contributed by atoms with Crippen LogP contribution >= 0.6 is 0 Å². The lowest BCUT2D eigenvalue weighted by molar-refractivity contribution is -0.146. The molecule has 0 unspecified atom stereocenters. The summed E-state index contributed by atoms with van der Waals surface area (Å²) in [7, 11) is 1.55. The van der Waals surface area contributed by atoms with Crippen molar-refractivity contribution in [3.63, 3.8) is 0 Å². The quantitative estimate of drug-likeness (QED) is 0.737. The van der Waals surface area contributed by atoms with Gasteiger partial charge >= 0.3 is 6.03 Å². The summed E-state index contributed by atoms with van der Waals surface area (Å²) in [5.41, 5.74) is 6.28. The molecule has 0 saturated carbocycles. The number of urea groups is 1. The molecular formula is C22H36N4O3. The minimum atomic E-state index is -0.985. The molecule has 0 spiro atoms. The predicted octanol–water partition coefficient (Wildman–Crippen LogP) is 3.04. The van der Waals surface area contributed by atoms with E-state index >= 15 is 0 Å². The molecular weight excluding hydrogens is 368 g/mol. The fourth-order valence-electron chi connectivity index (χ4n) is 3.30. The van der Waals surface area contributed by atoms with Gasteiger partial charge in [0.25, 0.3) is 0 Å². The third-order valence-electron chi connectivity index (χ3n) is 4.84. The average molecular weight is 405 g/mol. The average Bonchev–Trinajstić information content (AvgIpc) is 3.12. The molecule has 3 N–H and O–H groups in total. The first-order chi connectivity index (χ1) is 13.6. The van der Waals surface area contributed by atoms with Gasteiger partial charge in [0, 0.05) is 32.2 Å². The number of nitrogen functional groups attached to an aromatic ring is 1. The Labute approximate surface area is 174 Å². The molecule has 7 nitrogen and oxygen atoms in total. The number of nitrogens with one attached hydrogen (secondary N) is 1. The van der Waals surface area contributed by atoms with Crippen molar-refractivity contribution in [1.82, 2.24) is 15.1 Å². The van der Waals surface area contributed by atoms with Gasteiger partial charge in [-0.05, 0) is 37.0 Å². The number of hydrogen-bond acceptors (Lipinski definition) is 4. The third-order valence-corrected chi connectivity index (χ3v) is 4.84. The minimum Gasteiger partial charge on any atom is -0.399 e. The fourth-order valence-corrected chi connectivity index (χ4v) is 3.30. The molecule has 1 aromatic rings. The Balaban J connectivity index is 0.000000960. The predicted molar refractivity (Wildman–Crippen MR) is 116 cm³/mol. The maximum absolute atomic E-state index is 12.7. The van der Waals surface area contributed by atoms with Crippen molar-refractivity contribution < 1.29 is 14.4 Å². The summed E-state index contributed by atoms with van der Waals surface area (Å²) in [6.45, 7) is 10.7. The number of nitrogens with zero attached hydrogens (tertiary/aromatic N) is 2. The van der Waals surface area contributed by atoms with Gasteiger partial charge in [-0.25, -0.2) is 4.79 Å². The van der Waals surface area contributed by atoms with Crippen LogP contribution in [0.15, 0.2) is 24.3 Å². The van der Waals surface area contributed by atoms with Gasteiger partial charge in [0.05, 0.1) is 6.54 Å². The van der Waals surface area contributed by atoms with E-state index in [2.05, 4.69) is 26.1 Å². The molecule has 1 aliphatic rings. The summed E-state index contributed by atoms with van der Waals surface area (Å²) in [5.74, 6) is 0.627. The van der Waals surface area contributed by atoms with Crippen molar-refractivity contribution in [3.8, 4) is 0 Å².